The van der Waals surface area contributed by atoms with Gasteiger partial charge in [-0.05, 0) is 37.8 Å². The predicted octanol–water partition coefficient (Wildman–Crippen LogP) is 3.41. The number of ether oxygens (including phenoxy) is 2. The van der Waals surface area contributed by atoms with Crippen LogP contribution in [0.15, 0.2) is 12.1 Å². The summed E-state index contributed by atoms with van der Waals surface area (Å²) >= 11 is 0. The summed E-state index contributed by atoms with van der Waals surface area (Å²) in [5.74, 6) is -0.565. The molecule has 0 saturated carbocycles. The molecule has 1 unspecified atom stereocenters. The van der Waals surface area contributed by atoms with Crippen LogP contribution in [0.1, 0.15) is 31.5 Å². The van der Waals surface area contributed by atoms with Gasteiger partial charge in [0, 0.05) is 24.6 Å². The second-order valence-corrected chi connectivity index (χ2v) is 6.42. The van der Waals surface area contributed by atoms with Gasteiger partial charge in [0.05, 0.1) is 14.2 Å². The zero-order valence-corrected chi connectivity index (χ0v) is 15.2. The summed E-state index contributed by atoms with van der Waals surface area (Å²) in [5.41, 5.74) is 0.0579. The molecule has 27 heavy (non-hydrogen) atoms. The van der Waals surface area contributed by atoms with Crippen LogP contribution in [0.2, 0.25) is 0 Å². The predicted molar refractivity (Wildman–Crippen MR) is 94.3 cm³/mol. The van der Waals surface area contributed by atoms with E-state index in [2.05, 4.69) is 9.97 Å². The first-order valence-corrected chi connectivity index (χ1v) is 8.78. The van der Waals surface area contributed by atoms with E-state index in [0.29, 0.717) is 24.1 Å². The Morgan fingerprint density at radius 2 is 1.96 bits per heavy atom. The second kappa shape index (κ2) is 7.75. The monoisotopic (exact) mass is 385 g/mol. The molecular formula is C18H22F3N3O3. The molecule has 1 fully saturated rings. The van der Waals surface area contributed by atoms with Gasteiger partial charge in [-0.25, -0.2) is 9.97 Å². The number of nitrogens with zero attached hydrogens (tertiary/aromatic N) is 3. The molecule has 1 saturated heterocycles. The maximum absolute atomic E-state index is 13.5. The molecule has 1 N–H and O–H groups in total. The highest BCUT2D eigenvalue weighted by Crippen LogP contribution is 2.41. The highest BCUT2D eigenvalue weighted by molar-refractivity contribution is 5.95. The van der Waals surface area contributed by atoms with E-state index < -0.39 is 12.0 Å². The quantitative estimate of drug-likeness (QED) is 0.851. The number of methoxy groups -OCH3 is 2. The number of benzene rings is 1. The molecule has 1 atom stereocenters. The highest BCUT2D eigenvalue weighted by Gasteiger charge is 2.37. The molecule has 148 valence electrons. The number of piperidine rings is 1. The van der Waals surface area contributed by atoms with E-state index in [1.165, 1.54) is 14.2 Å². The molecule has 2 aromatic rings. The number of halogens is 3. The maximum Gasteiger partial charge on any atom is 0.451 e. The Labute approximate surface area is 154 Å². The number of hydrogen-bond donors (Lipinski definition) is 1. The molecule has 2 heterocycles. The lowest BCUT2D eigenvalue weighted by molar-refractivity contribution is -0.144. The van der Waals surface area contributed by atoms with Crippen molar-refractivity contribution < 1.29 is 27.8 Å². The minimum Gasteiger partial charge on any atom is -0.493 e. The zero-order chi connectivity index (χ0) is 19.6. The van der Waals surface area contributed by atoms with Crippen LogP contribution >= 0.6 is 0 Å². The van der Waals surface area contributed by atoms with Gasteiger partial charge in [0.15, 0.2) is 11.5 Å². The van der Waals surface area contributed by atoms with Gasteiger partial charge in [-0.2, -0.15) is 13.2 Å². The topological polar surface area (TPSA) is 67.7 Å². The molecule has 1 aromatic heterocycles. The molecule has 0 radical (unpaired) electrons. The summed E-state index contributed by atoms with van der Waals surface area (Å²) in [6.07, 6.45) is -1.62. The number of anilines is 1. The summed E-state index contributed by atoms with van der Waals surface area (Å²) in [4.78, 5) is 9.46. The molecule has 1 aliphatic heterocycles. The second-order valence-electron chi connectivity index (χ2n) is 6.42. The molecule has 1 aliphatic rings. The number of alkyl halides is 3. The fraction of sp³-hybridized carbons (Fsp3) is 0.556. The van der Waals surface area contributed by atoms with Crippen molar-refractivity contribution in [3.8, 4) is 11.5 Å². The molecule has 1 aromatic carbocycles. The fourth-order valence-electron chi connectivity index (χ4n) is 3.57. The van der Waals surface area contributed by atoms with Gasteiger partial charge < -0.3 is 19.5 Å². The SMILES string of the molecule is COc1ccc2c(N3CCCCC3CCO)nc(C(F)(F)F)nc2c1OC. The lowest BCUT2D eigenvalue weighted by Crippen LogP contribution is -2.41. The van der Waals surface area contributed by atoms with Crippen molar-refractivity contribution >= 4 is 16.7 Å². The summed E-state index contributed by atoms with van der Waals surface area (Å²) in [7, 11) is 2.78. The number of hydrogen-bond acceptors (Lipinski definition) is 6. The summed E-state index contributed by atoms with van der Waals surface area (Å²) in [6, 6.07) is 3.21. The van der Waals surface area contributed by atoms with E-state index in [-0.39, 0.29) is 29.7 Å². The van der Waals surface area contributed by atoms with Crippen LogP contribution in [-0.2, 0) is 6.18 Å². The van der Waals surface area contributed by atoms with Crippen LogP contribution in [0.25, 0.3) is 10.9 Å². The number of fused-ring (bicyclic) bond motifs is 1. The average molecular weight is 385 g/mol. The Morgan fingerprint density at radius 1 is 1.19 bits per heavy atom. The van der Waals surface area contributed by atoms with Crippen LogP contribution in [0.5, 0.6) is 11.5 Å². The van der Waals surface area contributed by atoms with Crippen LogP contribution in [0, 0.1) is 0 Å². The van der Waals surface area contributed by atoms with Gasteiger partial charge in [-0.15, -0.1) is 0 Å². The van der Waals surface area contributed by atoms with Gasteiger partial charge in [0.2, 0.25) is 5.82 Å². The van der Waals surface area contributed by atoms with Crippen molar-refractivity contribution in [3.05, 3.63) is 18.0 Å². The first-order valence-electron chi connectivity index (χ1n) is 8.78. The fourth-order valence-corrected chi connectivity index (χ4v) is 3.57. The Hall–Kier alpha value is -2.29. The maximum atomic E-state index is 13.5. The Balaban J connectivity index is 2.26. The van der Waals surface area contributed by atoms with Gasteiger partial charge in [0.25, 0.3) is 0 Å². The third-order valence-corrected chi connectivity index (χ3v) is 4.80. The van der Waals surface area contributed by atoms with Crippen LogP contribution in [-0.4, -0.2) is 48.5 Å². The van der Waals surface area contributed by atoms with Crippen molar-refractivity contribution in [1.29, 1.82) is 0 Å². The number of aromatic nitrogens is 2. The van der Waals surface area contributed by atoms with E-state index in [1.54, 1.807) is 12.1 Å². The molecule has 6 nitrogen and oxygen atoms in total. The Kier molecular flexibility index (Phi) is 5.59. The van der Waals surface area contributed by atoms with Crippen molar-refractivity contribution in [2.45, 2.75) is 37.9 Å². The molecule has 0 spiro atoms. The Bertz CT molecular complexity index is 812. The van der Waals surface area contributed by atoms with E-state index in [0.717, 1.165) is 19.3 Å². The zero-order valence-electron chi connectivity index (χ0n) is 15.2. The van der Waals surface area contributed by atoms with Crippen LogP contribution in [0.3, 0.4) is 0 Å². The molecular weight excluding hydrogens is 363 g/mol. The smallest absolute Gasteiger partial charge is 0.451 e. The first kappa shape index (κ1) is 19.5. The van der Waals surface area contributed by atoms with Crippen molar-refractivity contribution in [1.82, 2.24) is 9.97 Å². The molecule has 0 amide bonds. The van der Waals surface area contributed by atoms with Gasteiger partial charge in [-0.3, -0.25) is 0 Å². The van der Waals surface area contributed by atoms with Crippen molar-refractivity contribution in [2.24, 2.45) is 0 Å². The van der Waals surface area contributed by atoms with E-state index >= 15 is 0 Å². The van der Waals surface area contributed by atoms with Crippen molar-refractivity contribution in [2.75, 3.05) is 32.3 Å². The molecule has 3 rings (SSSR count). The summed E-state index contributed by atoms with van der Waals surface area (Å²) in [6.45, 7) is 0.538. The van der Waals surface area contributed by atoms with E-state index in [1.807, 2.05) is 4.90 Å². The number of aliphatic hydroxyl groups is 1. The Morgan fingerprint density at radius 3 is 2.59 bits per heavy atom. The number of aliphatic hydroxyl groups excluding tert-OH is 1. The molecule has 9 heteroatoms. The average Bonchev–Trinajstić information content (AvgIpc) is 2.66. The van der Waals surface area contributed by atoms with Crippen LogP contribution < -0.4 is 14.4 Å². The molecule has 0 bridgehead atoms. The summed E-state index contributed by atoms with van der Waals surface area (Å²) < 4.78 is 50.9. The van der Waals surface area contributed by atoms with Crippen molar-refractivity contribution in [3.63, 3.8) is 0 Å². The highest BCUT2D eigenvalue weighted by atomic mass is 19.4. The largest absolute Gasteiger partial charge is 0.493 e. The van der Waals surface area contributed by atoms with Crippen LogP contribution in [0.4, 0.5) is 19.0 Å². The van der Waals surface area contributed by atoms with Gasteiger partial charge >= 0.3 is 6.18 Å². The summed E-state index contributed by atoms with van der Waals surface area (Å²) in [5, 5.41) is 9.82. The number of rotatable bonds is 5. The standard InChI is InChI=1S/C18H22F3N3O3/c1-26-13-7-6-12-14(15(13)27-2)22-17(18(19,20)21)23-16(12)24-9-4-3-5-11(24)8-10-25/h6-7,11,25H,3-5,8-10H2,1-2H3. The normalized spacial score (nSPS) is 18.0. The third-order valence-electron chi connectivity index (χ3n) is 4.80. The third kappa shape index (κ3) is 3.73. The van der Waals surface area contributed by atoms with E-state index in [4.69, 9.17) is 9.47 Å². The lowest BCUT2D eigenvalue weighted by Gasteiger charge is -2.37. The van der Waals surface area contributed by atoms with Gasteiger partial charge in [-0.1, -0.05) is 0 Å². The first-order chi connectivity index (χ1) is 12.9. The minimum absolute atomic E-state index is 0.0343. The van der Waals surface area contributed by atoms with Gasteiger partial charge in [0.1, 0.15) is 11.3 Å². The lowest BCUT2D eigenvalue weighted by atomic mass is 9.99. The molecule has 0 aliphatic carbocycles. The van der Waals surface area contributed by atoms with E-state index in [9.17, 15) is 18.3 Å². The minimum atomic E-state index is -4.70.